The van der Waals surface area contributed by atoms with Gasteiger partial charge in [-0.1, -0.05) is 17.7 Å². The number of halogens is 2. The molecule has 0 aliphatic carbocycles. The molecule has 0 amide bonds. The molecule has 0 fully saturated rings. The molecule has 0 atom stereocenters. The van der Waals surface area contributed by atoms with Gasteiger partial charge in [-0.2, -0.15) is 0 Å². The average Bonchev–Trinajstić information content (AvgIpc) is 2.03. The van der Waals surface area contributed by atoms with E-state index in [0.717, 1.165) is 0 Å². The molecule has 0 aromatic heterocycles. The van der Waals surface area contributed by atoms with Crippen LogP contribution in [0.4, 0.5) is 4.39 Å². The topological polar surface area (TPSA) is 29.5 Å². The van der Waals surface area contributed by atoms with Gasteiger partial charge in [0, 0.05) is 17.6 Å². The fraction of sp³-hybridized carbons (Fsp3) is 0.143. The van der Waals surface area contributed by atoms with Crippen molar-refractivity contribution in [2.45, 2.75) is 0 Å². The summed E-state index contributed by atoms with van der Waals surface area (Å²) in [5.74, 6) is -0.572. The zero-order valence-corrected chi connectivity index (χ0v) is 7.18. The molecule has 1 aromatic carbocycles. The van der Waals surface area contributed by atoms with Gasteiger partial charge in [0.2, 0.25) is 0 Å². The van der Waals surface area contributed by atoms with Crippen molar-refractivity contribution >= 4 is 24.2 Å². The predicted molar refractivity (Wildman–Crippen MR) is 46.0 cm³/mol. The predicted octanol–water partition coefficient (Wildman–Crippen LogP) is 0.813. The van der Waals surface area contributed by atoms with Crippen LogP contribution in [-0.4, -0.2) is 19.3 Å². The first-order valence-corrected chi connectivity index (χ1v) is 3.69. The van der Waals surface area contributed by atoms with Gasteiger partial charge in [0.1, 0.15) is 5.82 Å². The van der Waals surface area contributed by atoms with Gasteiger partial charge in [-0.05, 0) is 12.1 Å². The Kier molecular flexibility index (Phi) is 3.09. The number of hydrogen-bond donors (Lipinski definition) is 1. The molecule has 12 heavy (non-hydrogen) atoms. The van der Waals surface area contributed by atoms with Crippen LogP contribution in [-0.2, 0) is 4.65 Å². The molecule has 0 bridgehead atoms. The Labute approximate surface area is 75.1 Å². The van der Waals surface area contributed by atoms with Crippen LogP contribution in [0.25, 0.3) is 0 Å². The summed E-state index contributed by atoms with van der Waals surface area (Å²) in [6, 6.07) is 4.16. The first-order valence-electron chi connectivity index (χ1n) is 3.31. The van der Waals surface area contributed by atoms with Gasteiger partial charge in [0.25, 0.3) is 0 Å². The van der Waals surface area contributed by atoms with Crippen molar-refractivity contribution < 1.29 is 14.1 Å². The smallest absolute Gasteiger partial charge is 0.423 e. The van der Waals surface area contributed by atoms with Gasteiger partial charge in [-0.15, -0.1) is 0 Å². The molecule has 64 valence electrons. The van der Waals surface area contributed by atoms with Crippen LogP contribution in [0.2, 0.25) is 5.02 Å². The highest BCUT2D eigenvalue weighted by atomic mass is 35.5. The maximum atomic E-state index is 13.0. The minimum absolute atomic E-state index is 0.0262. The van der Waals surface area contributed by atoms with Crippen LogP contribution >= 0.6 is 11.6 Å². The molecule has 0 heterocycles. The summed E-state index contributed by atoms with van der Waals surface area (Å²) >= 11 is 5.62. The van der Waals surface area contributed by atoms with Crippen molar-refractivity contribution in [2.75, 3.05) is 7.11 Å². The van der Waals surface area contributed by atoms with E-state index in [-0.39, 0.29) is 10.5 Å². The third-order valence-electron chi connectivity index (χ3n) is 1.47. The van der Waals surface area contributed by atoms with Crippen molar-refractivity contribution in [3.8, 4) is 0 Å². The zero-order chi connectivity index (χ0) is 9.14. The molecule has 0 radical (unpaired) electrons. The Morgan fingerprint density at radius 2 is 2.25 bits per heavy atom. The number of hydrogen-bond acceptors (Lipinski definition) is 2. The fourth-order valence-corrected chi connectivity index (χ4v) is 1.12. The molecule has 1 aromatic rings. The SMILES string of the molecule is COB(O)c1c(F)cccc1Cl. The molecular weight excluding hydrogens is 181 g/mol. The summed E-state index contributed by atoms with van der Waals surface area (Å²) in [4.78, 5) is 0. The summed E-state index contributed by atoms with van der Waals surface area (Å²) in [5.41, 5.74) is -0.0262. The van der Waals surface area contributed by atoms with E-state index >= 15 is 0 Å². The zero-order valence-electron chi connectivity index (χ0n) is 6.42. The van der Waals surface area contributed by atoms with Gasteiger partial charge in [-0.3, -0.25) is 0 Å². The number of rotatable bonds is 2. The van der Waals surface area contributed by atoms with E-state index in [4.69, 9.17) is 16.6 Å². The van der Waals surface area contributed by atoms with E-state index in [2.05, 4.69) is 4.65 Å². The van der Waals surface area contributed by atoms with E-state index in [1.807, 2.05) is 0 Å². The van der Waals surface area contributed by atoms with Crippen LogP contribution in [0.5, 0.6) is 0 Å². The second-order valence-corrected chi connectivity index (χ2v) is 2.63. The van der Waals surface area contributed by atoms with E-state index in [1.54, 1.807) is 0 Å². The molecule has 0 aliphatic heterocycles. The molecule has 2 nitrogen and oxygen atoms in total. The molecule has 0 saturated heterocycles. The molecule has 1 N–H and O–H groups in total. The van der Waals surface area contributed by atoms with E-state index < -0.39 is 12.9 Å². The largest absolute Gasteiger partial charge is 0.495 e. The highest BCUT2D eigenvalue weighted by Crippen LogP contribution is 2.08. The molecular formula is C7H7BClFO2. The highest BCUT2D eigenvalue weighted by molar-refractivity contribution is 6.63. The summed E-state index contributed by atoms with van der Waals surface area (Å²) < 4.78 is 17.5. The lowest BCUT2D eigenvalue weighted by atomic mass is 9.79. The lowest BCUT2D eigenvalue weighted by molar-refractivity contribution is 0.340. The molecule has 0 saturated carbocycles. The Hall–Kier alpha value is -0.575. The standard InChI is InChI=1S/C7H7BClFO2/c1-12-8(11)7-5(9)3-2-4-6(7)10/h2-4,11H,1H3. The van der Waals surface area contributed by atoms with Gasteiger partial charge in [0.15, 0.2) is 0 Å². The van der Waals surface area contributed by atoms with E-state index in [0.29, 0.717) is 0 Å². The fourth-order valence-electron chi connectivity index (χ4n) is 0.864. The second kappa shape index (κ2) is 3.89. The van der Waals surface area contributed by atoms with Gasteiger partial charge >= 0.3 is 7.12 Å². The Balaban J connectivity index is 3.12. The average molecular weight is 188 g/mol. The maximum absolute atomic E-state index is 13.0. The summed E-state index contributed by atoms with van der Waals surface area (Å²) in [7, 11) is -0.0355. The van der Waals surface area contributed by atoms with Crippen LogP contribution < -0.4 is 5.46 Å². The Morgan fingerprint density at radius 1 is 1.58 bits per heavy atom. The minimum Gasteiger partial charge on any atom is -0.423 e. The minimum atomic E-state index is -1.31. The maximum Gasteiger partial charge on any atom is 0.495 e. The quantitative estimate of drug-likeness (QED) is 0.696. The Morgan fingerprint density at radius 3 is 2.75 bits per heavy atom. The van der Waals surface area contributed by atoms with Crippen LogP contribution in [0.1, 0.15) is 0 Å². The molecule has 0 spiro atoms. The molecule has 0 unspecified atom stereocenters. The van der Waals surface area contributed by atoms with Crippen molar-refractivity contribution in [1.29, 1.82) is 0 Å². The second-order valence-electron chi connectivity index (χ2n) is 2.22. The monoisotopic (exact) mass is 188 g/mol. The van der Waals surface area contributed by atoms with Gasteiger partial charge in [0.05, 0.1) is 0 Å². The van der Waals surface area contributed by atoms with Crippen molar-refractivity contribution in [3.63, 3.8) is 0 Å². The van der Waals surface area contributed by atoms with Crippen molar-refractivity contribution in [2.24, 2.45) is 0 Å². The van der Waals surface area contributed by atoms with Gasteiger partial charge in [-0.25, -0.2) is 4.39 Å². The normalized spacial score (nSPS) is 10.0. The molecule has 0 aliphatic rings. The summed E-state index contributed by atoms with van der Waals surface area (Å²) in [5, 5.41) is 9.30. The van der Waals surface area contributed by atoms with E-state index in [9.17, 15) is 4.39 Å². The van der Waals surface area contributed by atoms with Crippen LogP contribution in [0.3, 0.4) is 0 Å². The lowest BCUT2D eigenvalue weighted by Gasteiger charge is -2.06. The van der Waals surface area contributed by atoms with Crippen LogP contribution in [0, 0.1) is 5.82 Å². The third-order valence-corrected chi connectivity index (χ3v) is 1.80. The van der Waals surface area contributed by atoms with Gasteiger partial charge < -0.3 is 9.68 Å². The first-order chi connectivity index (χ1) is 5.66. The Bertz CT molecular complexity index is 262. The first kappa shape index (κ1) is 9.51. The highest BCUT2D eigenvalue weighted by Gasteiger charge is 2.22. The van der Waals surface area contributed by atoms with Crippen LogP contribution in [0.15, 0.2) is 18.2 Å². The molecule has 1 rings (SSSR count). The third kappa shape index (κ3) is 1.77. The summed E-state index contributed by atoms with van der Waals surface area (Å²) in [6.45, 7) is 0. The van der Waals surface area contributed by atoms with Crippen molar-refractivity contribution in [3.05, 3.63) is 29.0 Å². The van der Waals surface area contributed by atoms with Crippen molar-refractivity contribution in [1.82, 2.24) is 0 Å². The van der Waals surface area contributed by atoms with E-state index in [1.165, 1.54) is 25.3 Å². The molecule has 5 heteroatoms. The number of benzene rings is 1. The summed E-state index contributed by atoms with van der Waals surface area (Å²) in [6.07, 6.45) is 0. The lowest BCUT2D eigenvalue weighted by Crippen LogP contribution is -2.35.